The number of aromatic hydroxyl groups is 1. The molecular formula is C10H5BrF2O. The molecule has 1 nitrogen and oxygen atoms in total. The van der Waals surface area contributed by atoms with Crippen molar-refractivity contribution < 1.29 is 13.9 Å². The summed E-state index contributed by atoms with van der Waals surface area (Å²) in [5.74, 6) is -1.98. The average molecular weight is 259 g/mol. The van der Waals surface area contributed by atoms with Crippen molar-refractivity contribution in [1.29, 1.82) is 0 Å². The lowest BCUT2D eigenvalue weighted by Gasteiger charge is -2.03. The van der Waals surface area contributed by atoms with Gasteiger partial charge < -0.3 is 5.11 Å². The Labute approximate surface area is 87.1 Å². The van der Waals surface area contributed by atoms with Crippen molar-refractivity contribution in [3.8, 4) is 5.75 Å². The van der Waals surface area contributed by atoms with Gasteiger partial charge in [-0.15, -0.1) is 0 Å². The van der Waals surface area contributed by atoms with Gasteiger partial charge in [0.1, 0.15) is 5.75 Å². The van der Waals surface area contributed by atoms with Gasteiger partial charge in [0.15, 0.2) is 11.6 Å². The Morgan fingerprint density at radius 2 is 1.79 bits per heavy atom. The fourth-order valence-electron chi connectivity index (χ4n) is 1.28. The summed E-state index contributed by atoms with van der Waals surface area (Å²) in [5.41, 5.74) is 0. The molecule has 0 atom stereocenters. The first kappa shape index (κ1) is 9.40. The van der Waals surface area contributed by atoms with Crippen molar-refractivity contribution in [3.05, 3.63) is 40.4 Å². The standard InChI is InChI=1S/C10H5BrF2O/c11-8-3-5-1-2-6(14)4-7(5)9(12)10(8)13/h1-4,14H. The molecule has 0 heterocycles. The van der Waals surface area contributed by atoms with Crippen LogP contribution in [0.4, 0.5) is 8.78 Å². The molecule has 2 aromatic rings. The SMILES string of the molecule is Oc1ccc2cc(Br)c(F)c(F)c2c1. The van der Waals surface area contributed by atoms with Crippen LogP contribution in [-0.2, 0) is 0 Å². The van der Waals surface area contributed by atoms with Crippen molar-refractivity contribution in [2.75, 3.05) is 0 Å². The van der Waals surface area contributed by atoms with E-state index < -0.39 is 11.6 Å². The number of rotatable bonds is 0. The van der Waals surface area contributed by atoms with E-state index in [4.69, 9.17) is 5.11 Å². The normalized spacial score (nSPS) is 10.8. The zero-order chi connectivity index (χ0) is 10.3. The molecule has 0 fully saturated rings. The van der Waals surface area contributed by atoms with Gasteiger partial charge in [0.25, 0.3) is 0 Å². The van der Waals surface area contributed by atoms with Crippen LogP contribution in [0.3, 0.4) is 0 Å². The Kier molecular flexibility index (Phi) is 2.15. The van der Waals surface area contributed by atoms with Gasteiger partial charge in [0, 0.05) is 5.39 Å². The first-order valence-corrected chi connectivity index (χ1v) is 4.65. The Hall–Kier alpha value is -1.16. The molecule has 72 valence electrons. The van der Waals surface area contributed by atoms with Crippen molar-refractivity contribution in [1.82, 2.24) is 0 Å². The van der Waals surface area contributed by atoms with Crippen molar-refractivity contribution in [2.24, 2.45) is 0 Å². The van der Waals surface area contributed by atoms with Gasteiger partial charge in [-0.05, 0) is 39.5 Å². The minimum absolute atomic E-state index is 0.0747. The van der Waals surface area contributed by atoms with Crippen LogP contribution < -0.4 is 0 Å². The quantitative estimate of drug-likeness (QED) is 0.717. The van der Waals surface area contributed by atoms with E-state index in [-0.39, 0.29) is 15.6 Å². The molecule has 0 aliphatic carbocycles. The zero-order valence-electron chi connectivity index (χ0n) is 6.89. The van der Waals surface area contributed by atoms with Crippen LogP contribution in [0.5, 0.6) is 5.75 Å². The minimum Gasteiger partial charge on any atom is -0.508 e. The Morgan fingerprint density at radius 1 is 1.07 bits per heavy atom. The summed E-state index contributed by atoms with van der Waals surface area (Å²) in [6.07, 6.45) is 0. The fraction of sp³-hybridized carbons (Fsp3) is 0. The highest BCUT2D eigenvalue weighted by atomic mass is 79.9. The van der Waals surface area contributed by atoms with Crippen molar-refractivity contribution in [3.63, 3.8) is 0 Å². The summed E-state index contributed by atoms with van der Waals surface area (Å²) in [7, 11) is 0. The van der Waals surface area contributed by atoms with E-state index in [0.29, 0.717) is 5.39 Å². The smallest absolute Gasteiger partial charge is 0.173 e. The molecule has 0 amide bonds. The molecule has 0 aliphatic heterocycles. The number of hydrogen-bond donors (Lipinski definition) is 1. The summed E-state index contributed by atoms with van der Waals surface area (Å²) in [4.78, 5) is 0. The molecule has 0 aliphatic rings. The maximum absolute atomic E-state index is 13.3. The molecule has 4 heteroatoms. The number of fused-ring (bicyclic) bond motifs is 1. The second-order valence-electron chi connectivity index (χ2n) is 2.89. The third kappa shape index (κ3) is 1.35. The Morgan fingerprint density at radius 3 is 2.50 bits per heavy atom. The molecule has 0 aromatic heterocycles. The molecule has 0 bridgehead atoms. The highest BCUT2D eigenvalue weighted by Crippen LogP contribution is 2.29. The van der Waals surface area contributed by atoms with Gasteiger partial charge in [-0.3, -0.25) is 0 Å². The van der Waals surface area contributed by atoms with Crippen LogP contribution in [-0.4, -0.2) is 5.11 Å². The summed E-state index contributed by atoms with van der Waals surface area (Å²) >= 11 is 2.91. The van der Waals surface area contributed by atoms with Gasteiger partial charge in [-0.1, -0.05) is 6.07 Å². The third-order valence-corrected chi connectivity index (χ3v) is 2.53. The Balaban J connectivity index is 2.92. The number of phenolic OH excluding ortho intramolecular Hbond substituents is 1. The molecule has 2 rings (SSSR count). The second kappa shape index (κ2) is 3.20. The van der Waals surface area contributed by atoms with E-state index in [1.54, 1.807) is 0 Å². The number of benzene rings is 2. The number of halogens is 3. The highest BCUT2D eigenvalue weighted by Gasteiger charge is 2.11. The van der Waals surface area contributed by atoms with Gasteiger partial charge in [0.05, 0.1) is 4.47 Å². The summed E-state index contributed by atoms with van der Waals surface area (Å²) < 4.78 is 26.5. The molecule has 0 radical (unpaired) electrons. The zero-order valence-corrected chi connectivity index (χ0v) is 8.48. The summed E-state index contributed by atoms with van der Waals surface area (Å²) in [6.45, 7) is 0. The van der Waals surface area contributed by atoms with E-state index >= 15 is 0 Å². The lowest BCUT2D eigenvalue weighted by atomic mass is 10.1. The Bertz CT molecular complexity index is 511. The van der Waals surface area contributed by atoms with Crippen molar-refractivity contribution in [2.45, 2.75) is 0 Å². The molecule has 0 saturated heterocycles. The van der Waals surface area contributed by atoms with Crippen LogP contribution in [0.1, 0.15) is 0 Å². The molecule has 0 saturated carbocycles. The van der Waals surface area contributed by atoms with Gasteiger partial charge in [-0.25, -0.2) is 8.78 Å². The van der Waals surface area contributed by atoms with E-state index in [1.165, 1.54) is 24.3 Å². The van der Waals surface area contributed by atoms with Gasteiger partial charge in [-0.2, -0.15) is 0 Å². The van der Waals surface area contributed by atoms with E-state index in [0.717, 1.165) is 0 Å². The predicted molar refractivity (Wildman–Crippen MR) is 53.2 cm³/mol. The summed E-state index contributed by atoms with van der Waals surface area (Å²) in [6, 6.07) is 5.61. The first-order valence-electron chi connectivity index (χ1n) is 3.86. The van der Waals surface area contributed by atoms with Crippen LogP contribution in [0.25, 0.3) is 10.8 Å². The maximum Gasteiger partial charge on any atom is 0.173 e. The van der Waals surface area contributed by atoms with Gasteiger partial charge in [0.2, 0.25) is 0 Å². The van der Waals surface area contributed by atoms with Crippen LogP contribution in [0, 0.1) is 11.6 Å². The van der Waals surface area contributed by atoms with E-state index in [2.05, 4.69) is 15.9 Å². The lowest BCUT2D eigenvalue weighted by molar-refractivity contribution is 0.475. The van der Waals surface area contributed by atoms with Gasteiger partial charge >= 0.3 is 0 Å². The highest BCUT2D eigenvalue weighted by molar-refractivity contribution is 9.10. The van der Waals surface area contributed by atoms with Crippen LogP contribution in [0.2, 0.25) is 0 Å². The predicted octanol–water partition coefficient (Wildman–Crippen LogP) is 3.59. The molecular weight excluding hydrogens is 254 g/mol. The monoisotopic (exact) mass is 258 g/mol. The lowest BCUT2D eigenvalue weighted by Crippen LogP contribution is -1.88. The minimum atomic E-state index is -0.953. The molecule has 2 aromatic carbocycles. The van der Waals surface area contributed by atoms with E-state index in [1.807, 2.05) is 0 Å². The van der Waals surface area contributed by atoms with E-state index in [9.17, 15) is 8.78 Å². The second-order valence-corrected chi connectivity index (χ2v) is 3.75. The van der Waals surface area contributed by atoms with Crippen LogP contribution >= 0.6 is 15.9 Å². The molecule has 14 heavy (non-hydrogen) atoms. The first-order chi connectivity index (χ1) is 6.59. The average Bonchev–Trinajstić information content (AvgIpc) is 2.16. The summed E-state index contributed by atoms with van der Waals surface area (Å²) in [5, 5.41) is 9.72. The molecule has 0 spiro atoms. The number of hydrogen-bond acceptors (Lipinski definition) is 1. The topological polar surface area (TPSA) is 20.2 Å². The maximum atomic E-state index is 13.3. The largest absolute Gasteiger partial charge is 0.508 e. The van der Waals surface area contributed by atoms with Crippen LogP contribution in [0.15, 0.2) is 28.7 Å². The third-order valence-electron chi connectivity index (χ3n) is 1.96. The molecule has 1 N–H and O–H groups in total. The number of phenols is 1. The fourth-order valence-corrected chi connectivity index (χ4v) is 1.70. The van der Waals surface area contributed by atoms with Crippen molar-refractivity contribution >= 4 is 26.7 Å². The molecule has 0 unspecified atom stereocenters.